The molecule has 1 aliphatic rings. The molecule has 1 aliphatic heterocycles. The van der Waals surface area contributed by atoms with Gasteiger partial charge in [0.1, 0.15) is 0 Å². The van der Waals surface area contributed by atoms with Crippen molar-refractivity contribution in [1.29, 1.82) is 0 Å². The zero-order valence-corrected chi connectivity index (χ0v) is 20.5. The molecule has 8 nitrogen and oxygen atoms in total. The average molecular weight is 495 g/mol. The fourth-order valence-electron chi connectivity index (χ4n) is 3.56. The highest BCUT2D eigenvalue weighted by atomic mass is 32.2. The Morgan fingerprint density at radius 1 is 1.28 bits per heavy atom. The molecule has 0 saturated carbocycles. The van der Waals surface area contributed by atoms with Gasteiger partial charge in [0.05, 0.1) is 41.4 Å². The summed E-state index contributed by atoms with van der Waals surface area (Å²) >= 11 is 3.00. The number of ether oxygens (including phenoxy) is 1. The molecule has 3 heterocycles. The minimum atomic E-state index is -3.59. The number of aromatic nitrogens is 2. The first-order valence-electron chi connectivity index (χ1n) is 10.4. The molecule has 1 amide bonds. The van der Waals surface area contributed by atoms with Crippen molar-refractivity contribution < 1.29 is 17.9 Å². The highest BCUT2D eigenvalue weighted by molar-refractivity contribution is 7.99. The van der Waals surface area contributed by atoms with Gasteiger partial charge in [0.25, 0.3) is 0 Å². The molecule has 1 fully saturated rings. The van der Waals surface area contributed by atoms with Crippen LogP contribution in [0.2, 0.25) is 0 Å². The summed E-state index contributed by atoms with van der Waals surface area (Å²) in [5.41, 5.74) is 1.47. The Morgan fingerprint density at radius 3 is 2.75 bits per heavy atom. The molecule has 1 aromatic carbocycles. The second-order valence-corrected chi connectivity index (χ2v) is 11.3. The standard InChI is InChI=1S/C21H26N4O4S3/c1-3-25-19-7-6-17(32(27,28)24-8-10-29-11-9-24)13-18(19)22-21(25)31-15-20(26)23(2)14-16-5-4-12-30-16/h4-7,12-13H,3,8-11,14-15H2,1-2H3. The van der Waals surface area contributed by atoms with Crippen molar-refractivity contribution in [3.63, 3.8) is 0 Å². The van der Waals surface area contributed by atoms with E-state index >= 15 is 0 Å². The zero-order chi connectivity index (χ0) is 22.7. The van der Waals surface area contributed by atoms with Crippen LogP contribution in [-0.4, -0.2) is 72.2 Å². The van der Waals surface area contributed by atoms with Crippen LogP contribution >= 0.6 is 23.1 Å². The summed E-state index contributed by atoms with van der Waals surface area (Å²) in [7, 11) is -1.79. The molecule has 2 aromatic heterocycles. The van der Waals surface area contributed by atoms with E-state index in [1.54, 1.807) is 41.5 Å². The van der Waals surface area contributed by atoms with Crippen molar-refractivity contribution in [1.82, 2.24) is 18.8 Å². The number of imidazole rings is 1. The lowest BCUT2D eigenvalue weighted by Gasteiger charge is -2.26. The van der Waals surface area contributed by atoms with Crippen LogP contribution in [0.5, 0.6) is 0 Å². The summed E-state index contributed by atoms with van der Waals surface area (Å²) < 4.78 is 34.7. The Kier molecular flexibility index (Phi) is 7.21. The van der Waals surface area contributed by atoms with Gasteiger partial charge in [-0.2, -0.15) is 4.31 Å². The summed E-state index contributed by atoms with van der Waals surface area (Å²) in [4.78, 5) is 20.3. The van der Waals surface area contributed by atoms with E-state index in [0.29, 0.717) is 50.1 Å². The number of benzene rings is 1. The Morgan fingerprint density at radius 2 is 2.06 bits per heavy atom. The van der Waals surface area contributed by atoms with E-state index in [-0.39, 0.29) is 16.6 Å². The zero-order valence-electron chi connectivity index (χ0n) is 18.1. The van der Waals surface area contributed by atoms with Gasteiger partial charge in [-0.1, -0.05) is 17.8 Å². The number of morpholine rings is 1. The van der Waals surface area contributed by atoms with Crippen LogP contribution in [0.3, 0.4) is 0 Å². The molecular weight excluding hydrogens is 468 g/mol. The third-order valence-corrected chi connectivity index (χ3v) is 9.05. The van der Waals surface area contributed by atoms with Crippen LogP contribution in [0.25, 0.3) is 11.0 Å². The van der Waals surface area contributed by atoms with Gasteiger partial charge in [-0.25, -0.2) is 13.4 Å². The maximum absolute atomic E-state index is 13.0. The fourth-order valence-corrected chi connectivity index (χ4v) is 6.77. The number of aryl methyl sites for hydroxylation is 1. The molecule has 11 heteroatoms. The van der Waals surface area contributed by atoms with E-state index in [1.807, 2.05) is 29.0 Å². The Bertz CT molecular complexity index is 1190. The highest BCUT2D eigenvalue weighted by Gasteiger charge is 2.27. The van der Waals surface area contributed by atoms with Crippen LogP contribution in [0.15, 0.2) is 45.8 Å². The van der Waals surface area contributed by atoms with E-state index < -0.39 is 10.0 Å². The predicted octanol–water partition coefficient (Wildman–Crippen LogP) is 2.89. The minimum Gasteiger partial charge on any atom is -0.379 e. The molecule has 0 spiro atoms. The van der Waals surface area contributed by atoms with Crippen LogP contribution in [0, 0.1) is 0 Å². The van der Waals surface area contributed by atoms with E-state index in [9.17, 15) is 13.2 Å². The SMILES string of the molecule is CCn1c(SCC(=O)N(C)Cc2cccs2)nc2cc(S(=O)(=O)N3CCOCC3)ccc21. The van der Waals surface area contributed by atoms with Crippen LogP contribution in [0.4, 0.5) is 0 Å². The van der Waals surface area contributed by atoms with Crippen molar-refractivity contribution in [2.24, 2.45) is 0 Å². The monoisotopic (exact) mass is 494 g/mol. The Balaban J connectivity index is 1.51. The van der Waals surface area contributed by atoms with Crippen LogP contribution in [0.1, 0.15) is 11.8 Å². The molecule has 0 bridgehead atoms. The number of carbonyl (C=O) groups is 1. The Hall–Kier alpha value is -1.92. The maximum atomic E-state index is 13.0. The lowest BCUT2D eigenvalue weighted by atomic mass is 10.3. The lowest BCUT2D eigenvalue weighted by molar-refractivity contribution is -0.127. The van der Waals surface area contributed by atoms with Gasteiger partial charge in [-0.05, 0) is 36.6 Å². The number of thiophene rings is 1. The van der Waals surface area contributed by atoms with Crippen molar-refractivity contribution in [3.05, 3.63) is 40.6 Å². The molecule has 4 rings (SSSR count). The quantitative estimate of drug-likeness (QED) is 0.448. The van der Waals surface area contributed by atoms with Gasteiger partial charge < -0.3 is 14.2 Å². The number of thioether (sulfide) groups is 1. The summed E-state index contributed by atoms with van der Waals surface area (Å²) in [6, 6.07) is 9.05. The first-order chi connectivity index (χ1) is 15.4. The number of rotatable bonds is 8. The summed E-state index contributed by atoms with van der Waals surface area (Å²) in [6.07, 6.45) is 0. The van der Waals surface area contributed by atoms with Crippen LogP contribution < -0.4 is 0 Å². The smallest absolute Gasteiger partial charge is 0.243 e. The maximum Gasteiger partial charge on any atom is 0.243 e. The molecule has 0 radical (unpaired) electrons. The van der Waals surface area contributed by atoms with E-state index in [1.165, 1.54) is 16.1 Å². The molecule has 0 aliphatic carbocycles. The predicted molar refractivity (Wildman–Crippen MR) is 127 cm³/mol. The van der Waals surface area contributed by atoms with Crippen LogP contribution in [-0.2, 0) is 32.6 Å². The van der Waals surface area contributed by atoms with Gasteiger partial charge in [0.2, 0.25) is 15.9 Å². The van der Waals surface area contributed by atoms with E-state index in [4.69, 9.17) is 4.74 Å². The number of hydrogen-bond acceptors (Lipinski definition) is 7. The van der Waals surface area contributed by atoms with Crippen molar-refractivity contribution in [3.8, 4) is 0 Å². The molecule has 32 heavy (non-hydrogen) atoms. The molecule has 0 atom stereocenters. The fraction of sp³-hybridized carbons (Fsp3) is 0.429. The Labute approximate surface area is 196 Å². The number of fused-ring (bicyclic) bond motifs is 1. The highest BCUT2D eigenvalue weighted by Crippen LogP contribution is 2.28. The van der Waals surface area contributed by atoms with E-state index in [2.05, 4.69) is 4.98 Å². The summed E-state index contributed by atoms with van der Waals surface area (Å²) in [6.45, 7) is 4.78. The molecule has 1 saturated heterocycles. The summed E-state index contributed by atoms with van der Waals surface area (Å²) in [5, 5.41) is 2.71. The van der Waals surface area contributed by atoms with Crippen molar-refractivity contribution in [2.75, 3.05) is 39.1 Å². The molecular formula is C21H26N4O4S3. The van der Waals surface area contributed by atoms with Crippen molar-refractivity contribution >= 4 is 50.1 Å². The van der Waals surface area contributed by atoms with Crippen molar-refractivity contribution in [2.45, 2.75) is 30.1 Å². The normalized spacial score (nSPS) is 15.3. The van der Waals surface area contributed by atoms with E-state index in [0.717, 1.165) is 10.4 Å². The van der Waals surface area contributed by atoms with Gasteiger partial charge in [0, 0.05) is 31.6 Å². The number of sulfonamides is 1. The average Bonchev–Trinajstić information content (AvgIpc) is 3.44. The summed E-state index contributed by atoms with van der Waals surface area (Å²) in [5.74, 6) is 0.290. The molecule has 172 valence electrons. The first kappa shape index (κ1) is 23.2. The van der Waals surface area contributed by atoms with Gasteiger partial charge >= 0.3 is 0 Å². The minimum absolute atomic E-state index is 0.0219. The van der Waals surface area contributed by atoms with Gasteiger partial charge in [0.15, 0.2) is 5.16 Å². The van der Waals surface area contributed by atoms with Gasteiger partial charge in [-0.15, -0.1) is 11.3 Å². The topological polar surface area (TPSA) is 84.7 Å². The first-order valence-corrected chi connectivity index (χ1v) is 13.7. The number of amides is 1. The molecule has 3 aromatic rings. The van der Waals surface area contributed by atoms with Gasteiger partial charge in [-0.3, -0.25) is 4.79 Å². The second-order valence-electron chi connectivity index (χ2n) is 7.42. The lowest BCUT2D eigenvalue weighted by Crippen LogP contribution is -2.40. The third-order valence-electron chi connectivity index (χ3n) is 5.33. The number of carbonyl (C=O) groups excluding carboxylic acids is 1. The molecule has 0 N–H and O–H groups in total. The largest absolute Gasteiger partial charge is 0.379 e. The second kappa shape index (κ2) is 9.92. The molecule has 0 unspecified atom stereocenters. The number of hydrogen-bond donors (Lipinski definition) is 0. The third kappa shape index (κ3) is 4.86. The number of nitrogens with zero attached hydrogens (tertiary/aromatic N) is 4.